The number of ketones is 1. The van der Waals surface area contributed by atoms with Crippen molar-refractivity contribution >= 4 is 5.78 Å². The fourth-order valence-corrected chi connectivity index (χ4v) is 3.11. The summed E-state index contributed by atoms with van der Waals surface area (Å²) in [5, 5.41) is 0. The Labute approximate surface area is 117 Å². The molecule has 1 aliphatic rings. The number of hydrogen-bond donors (Lipinski definition) is 0. The largest absolute Gasteiger partial charge is 0.294 e. The molecule has 1 nitrogen and oxygen atoms in total. The second-order valence-corrected chi connectivity index (χ2v) is 6.43. The third-order valence-corrected chi connectivity index (χ3v) is 4.09. The van der Waals surface area contributed by atoms with Gasteiger partial charge in [-0.1, -0.05) is 64.2 Å². The maximum Gasteiger partial charge on any atom is 0.163 e. The average Bonchev–Trinajstić information content (AvgIpc) is 2.39. The lowest BCUT2D eigenvalue weighted by Gasteiger charge is -2.20. The van der Waals surface area contributed by atoms with E-state index >= 15 is 0 Å². The van der Waals surface area contributed by atoms with Crippen molar-refractivity contribution in [1.29, 1.82) is 0 Å². The Bertz CT molecular complexity index is 413. The van der Waals surface area contributed by atoms with Crippen molar-refractivity contribution in [2.75, 3.05) is 0 Å². The Balaban J connectivity index is 1.97. The highest BCUT2D eigenvalue weighted by atomic mass is 16.1. The van der Waals surface area contributed by atoms with Gasteiger partial charge in [0.2, 0.25) is 0 Å². The first-order chi connectivity index (χ1) is 9.15. The molecule has 1 fully saturated rings. The Morgan fingerprint density at radius 1 is 1.21 bits per heavy atom. The third-order valence-electron chi connectivity index (χ3n) is 4.09. The zero-order valence-electron chi connectivity index (χ0n) is 12.3. The fraction of sp³-hybridized carbons (Fsp3) is 0.611. The van der Waals surface area contributed by atoms with Crippen LogP contribution < -0.4 is 0 Å². The van der Waals surface area contributed by atoms with E-state index in [2.05, 4.69) is 26.0 Å². The molecule has 1 aliphatic carbocycles. The van der Waals surface area contributed by atoms with Crippen LogP contribution in [0.15, 0.2) is 24.3 Å². The number of hydrogen-bond acceptors (Lipinski definition) is 1. The number of benzene rings is 1. The Kier molecular flexibility index (Phi) is 5.18. The molecule has 0 atom stereocenters. The van der Waals surface area contributed by atoms with Crippen molar-refractivity contribution in [3.8, 4) is 0 Å². The van der Waals surface area contributed by atoms with Gasteiger partial charge in [0.05, 0.1) is 0 Å². The smallest absolute Gasteiger partial charge is 0.163 e. The lowest BCUT2D eigenvalue weighted by atomic mass is 9.84. The summed E-state index contributed by atoms with van der Waals surface area (Å²) in [6, 6.07) is 8.25. The molecule has 0 radical (unpaired) electrons. The van der Waals surface area contributed by atoms with Crippen molar-refractivity contribution < 1.29 is 4.79 Å². The summed E-state index contributed by atoms with van der Waals surface area (Å²) in [5.41, 5.74) is 2.22. The van der Waals surface area contributed by atoms with Crippen LogP contribution in [-0.4, -0.2) is 5.78 Å². The van der Waals surface area contributed by atoms with Crippen LogP contribution >= 0.6 is 0 Å². The van der Waals surface area contributed by atoms with Crippen molar-refractivity contribution in [3.05, 3.63) is 35.4 Å². The molecule has 2 rings (SSSR count). The molecule has 0 spiro atoms. The number of Topliss-reactive ketones (excluding diaryl/α,β-unsaturated/α-hetero) is 1. The Morgan fingerprint density at radius 2 is 1.95 bits per heavy atom. The maximum atomic E-state index is 12.4. The highest BCUT2D eigenvalue weighted by molar-refractivity contribution is 5.96. The molecule has 0 N–H and O–H groups in total. The highest BCUT2D eigenvalue weighted by Crippen LogP contribution is 2.27. The van der Waals surface area contributed by atoms with Crippen LogP contribution in [0, 0.1) is 11.8 Å². The van der Waals surface area contributed by atoms with Gasteiger partial charge in [-0.05, 0) is 29.9 Å². The van der Waals surface area contributed by atoms with E-state index < -0.39 is 0 Å². The molecule has 19 heavy (non-hydrogen) atoms. The van der Waals surface area contributed by atoms with Crippen molar-refractivity contribution in [1.82, 2.24) is 0 Å². The topological polar surface area (TPSA) is 17.1 Å². The fourth-order valence-electron chi connectivity index (χ4n) is 3.11. The number of carbonyl (C=O) groups is 1. The van der Waals surface area contributed by atoms with Crippen LogP contribution in [0.5, 0.6) is 0 Å². The van der Waals surface area contributed by atoms with Crippen LogP contribution in [0.25, 0.3) is 0 Å². The van der Waals surface area contributed by atoms with Crippen LogP contribution in [0.4, 0.5) is 0 Å². The normalized spacial score (nSPS) is 16.8. The van der Waals surface area contributed by atoms with Gasteiger partial charge < -0.3 is 0 Å². The lowest BCUT2D eigenvalue weighted by Crippen LogP contribution is -2.12. The molecule has 0 saturated heterocycles. The monoisotopic (exact) mass is 258 g/mol. The van der Waals surface area contributed by atoms with Crippen molar-refractivity contribution in [2.24, 2.45) is 11.8 Å². The number of rotatable bonds is 5. The zero-order chi connectivity index (χ0) is 13.7. The Hall–Kier alpha value is -1.11. The first-order valence-corrected chi connectivity index (χ1v) is 7.77. The molecule has 0 aliphatic heterocycles. The van der Waals surface area contributed by atoms with Crippen molar-refractivity contribution in [2.45, 2.75) is 58.8 Å². The predicted octanol–water partition coefficient (Wildman–Crippen LogP) is 5.04. The summed E-state index contributed by atoms with van der Waals surface area (Å²) in [6.07, 6.45) is 8.29. The molecule has 0 aromatic heterocycles. The SMILES string of the molecule is CC(C)Cc1cccc(C(=O)CC2CCCCC2)c1. The molecule has 0 bridgehead atoms. The quantitative estimate of drug-likeness (QED) is 0.676. The molecule has 0 unspecified atom stereocenters. The van der Waals surface area contributed by atoms with Gasteiger partial charge in [-0.15, -0.1) is 0 Å². The van der Waals surface area contributed by atoms with Crippen LogP contribution in [-0.2, 0) is 6.42 Å². The van der Waals surface area contributed by atoms with Crippen LogP contribution in [0.2, 0.25) is 0 Å². The van der Waals surface area contributed by atoms with Gasteiger partial charge in [-0.3, -0.25) is 4.79 Å². The molecule has 0 amide bonds. The summed E-state index contributed by atoms with van der Waals surface area (Å²) in [7, 11) is 0. The highest BCUT2D eigenvalue weighted by Gasteiger charge is 2.18. The van der Waals surface area contributed by atoms with Gasteiger partial charge in [-0.25, -0.2) is 0 Å². The van der Waals surface area contributed by atoms with Crippen LogP contribution in [0.1, 0.15) is 68.3 Å². The molecule has 104 valence electrons. The van der Waals surface area contributed by atoms with E-state index in [-0.39, 0.29) is 0 Å². The van der Waals surface area contributed by atoms with E-state index in [1.54, 1.807) is 0 Å². The first kappa shape index (κ1) is 14.3. The summed E-state index contributed by atoms with van der Waals surface area (Å²) in [6.45, 7) is 4.44. The Morgan fingerprint density at radius 3 is 2.63 bits per heavy atom. The molecule has 1 aromatic carbocycles. The first-order valence-electron chi connectivity index (χ1n) is 7.77. The summed E-state index contributed by atoms with van der Waals surface area (Å²) < 4.78 is 0. The van der Waals surface area contributed by atoms with Gasteiger partial charge in [0.15, 0.2) is 5.78 Å². The zero-order valence-corrected chi connectivity index (χ0v) is 12.3. The maximum absolute atomic E-state index is 12.4. The minimum absolute atomic E-state index is 0.345. The van der Waals surface area contributed by atoms with Gasteiger partial charge in [0.1, 0.15) is 0 Å². The molecule has 0 heterocycles. The van der Waals surface area contributed by atoms with Gasteiger partial charge >= 0.3 is 0 Å². The molecular formula is C18H26O. The van der Waals surface area contributed by atoms with E-state index in [9.17, 15) is 4.79 Å². The molecular weight excluding hydrogens is 232 g/mol. The molecule has 1 aromatic rings. The van der Waals surface area contributed by atoms with Gasteiger partial charge in [0.25, 0.3) is 0 Å². The summed E-state index contributed by atoms with van der Waals surface area (Å²) >= 11 is 0. The second-order valence-electron chi connectivity index (χ2n) is 6.43. The minimum Gasteiger partial charge on any atom is -0.294 e. The lowest BCUT2D eigenvalue weighted by molar-refractivity contribution is 0.0950. The summed E-state index contributed by atoms with van der Waals surface area (Å²) in [4.78, 5) is 12.4. The predicted molar refractivity (Wildman–Crippen MR) is 80.5 cm³/mol. The van der Waals surface area contributed by atoms with Crippen molar-refractivity contribution in [3.63, 3.8) is 0 Å². The van der Waals surface area contributed by atoms with E-state index in [0.717, 1.165) is 18.4 Å². The van der Waals surface area contributed by atoms with E-state index in [1.165, 1.54) is 37.7 Å². The van der Waals surface area contributed by atoms with Crippen LogP contribution in [0.3, 0.4) is 0 Å². The standard InChI is InChI=1S/C18H26O/c1-14(2)11-16-9-6-10-17(12-16)18(19)13-15-7-4-3-5-8-15/h6,9-10,12,14-15H,3-5,7-8,11,13H2,1-2H3. The second kappa shape index (κ2) is 6.88. The van der Waals surface area contributed by atoms with E-state index in [4.69, 9.17) is 0 Å². The molecule has 1 heteroatoms. The average molecular weight is 258 g/mol. The third kappa shape index (κ3) is 4.49. The van der Waals surface area contributed by atoms with Gasteiger partial charge in [-0.2, -0.15) is 0 Å². The van der Waals surface area contributed by atoms with E-state index in [0.29, 0.717) is 17.6 Å². The molecule has 1 saturated carbocycles. The summed E-state index contributed by atoms with van der Waals surface area (Å²) in [5.74, 6) is 1.62. The van der Waals surface area contributed by atoms with Gasteiger partial charge in [0, 0.05) is 12.0 Å². The number of carbonyl (C=O) groups excluding carboxylic acids is 1. The minimum atomic E-state index is 0.345. The van der Waals surface area contributed by atoms with E-state index in [1.807, 2.05) is 12.1 Å².